The molecule has 0 atom stereocenters. The lowest BCUT2D eigenvalue weighted by molar-refractivity contribution is -0.133. The first-order chi connectivity index (χ1) is 12.6. The number of carbonyl (C=O) groups is 1. The fourth-order valence-electron chi connectivity index (χ4n) is 3.09. The van der Waals surface area contributed by atoms with E-state index in [9.17, 15) is 14.0 Å². The van der Waals surface area contributed by atoms with Crippen molar-refractivity contribution in [2.24, 2.45) is 0 Å². The highest BCUT2D eigenvalue weighted by atomic mass is 19.1. The molecule has 1 aliphatic rings. The SMILES string of the molecule is O=C(Cn1cnc2ccccc2c1=O)N(Cc1cccc(F)c1)C1CC1. The Bertz CT molecular complexity index is 1030. The molecule has 0 saturated heterocycles. The van der Waals surface area contributed by atoms with Crippen LogP contribution in [0.3, 0.4) is 0 Å². The Morgan fingerprint density at radius 2 is 2.00 bits per heavy atom. The van der Waals surface area contributed by atoms with E-state index in [1.807, 2.05) is 6.07 Å². The maximum Gasteiger partial charge on any atom is 0.261 e. The van der Waals surface area contributed by atoms with Crippen LogP contribution in [0.2, 0.25) is 0 Å². The molecule has 3 aromatic rings. The van der Waals surface area contributed by atoms with Gasteiger partial charge in [0, 0.05) is 12.6 Å². The normalized spacial score (nSPS) is 13.7. The zero-order valence-corrected chi connectivity index (χ0v) is 14.1. The number of halogens is 1. The molecule has 0 spiro atoms. The van der Waals surface area contributed by atoms with Crippen molar-refractivity contribution in [3.05, 3.63) is 76.6 Å². The molecule has 2 aromatic carbocycles. The summed E-state index contributed by atoms with van der Waals surface area (Å²) < 4.78 is 14.8. The number of benzene rings is 2. The van der Waals surface area contributed by atoms with E-state index < -0.39 is 0 Å². The largest absolute Gasteiger partial charge is 0.334 e. The predicted octanol–water partition coefficient (Wildman–Crippen LogP) is 2.73. The molecular formula is C20H18FN3O2. The molecule has 6 heteroatoms. The topological polar surface area (TPSA) is 55.2 Å². The van der Waals surface area contributed by atoms with Crippen molar-refractivity contribution in [1.29, 1.82) is 0 Å². The van der Waals surface area contributed by atoms with Crippen molar-refractivity contribution in [1.82, 2.24) is 14.5 Å². The minimum absolute atomic E-state index is 0.0670. The number of fused-ring (bicyclic) bond motifs is 1. The summed E-state index contributed by atoms with van der Waals surface area (Å²) in [6.07, 6.45) is 3.29. The van der Waals surface area contributed by atoms with Gasteiger partial charge in [0.15, 0.2) is 0 Å². The minimum Gasteiger partial charge on any atom is -0.334 e. The van der Waals surface area contributed by atoms with Crippen LogP contribution in [0.4, 0.5) is 4.39 Å². The van der Waals surface area contributed by atoms with Gasteiger partial charge in [-0.3, -0.25) is 14.2 Å². The van der Waals surface area contributed by atoms with Gasteiger partial charge in [-0.05, 0) is 42.7 Å². The Morgan fingerprint density at radius 1 is 1.19 bits per heavy atom. The van der Waals surface area contributed by atoms with Gasteiger partial charge in [0.05, 0.1) is 17.2 Å². The molecule has 0 N–H and O–H groups in total. The number of nitrogens with zero attached hydrogens (tertiary/aromatic N) is 3. The van der Waals surface area contributed by atoms with Crippen molar-refractivity contribution >= 4 is 16.8 Å². The van der Waals surface area contributed by atoms with Crippen LogP contribution in [0.1, 0.15) is 18.4 Å². The highest BCUT2D eigenvalue weighted by Gasteiger charge is 2.32. The van der Waals surface area contributed by atoms with Crippen molar-refractivity contribution < 1.29 is 9.18 Å². The van der Waals surface area contributed by atoms with Gasteiger partial charge < -0.3 is 4.90 Å². The van der Waals surface area contributed by atoms with Crippen LogP contribution < -0.4 is 5.56 Å². The molecule has 132 valence electrons. The number of aromatic nitrogens is 2. The van der Waals surface area contributed by atoms with E-state index in [1.54, 1.807) is 35.2 Å². The second-order valence-electron chi connectivity index (χ2n) is 6.58. The number of para-hydroxylation sites is 1. The van der Waals surface area contributed by atoms with Crippen LogP contribution in [-0.2, 0) is 17.9 Å². The summed E-state index contributed by atoms with van der Waals surface area (Å²) >= 11 is 0. The summed E-state index contributed by atoms with van der Waals surface area (Å²) in [4.78, 5) is 31.4. The van der Waals surface area contributed by atoms with Crippen LogP contribution in [0, 0.1) is 5.82 Å². The second-order valence-corrected chi connectivity index (χ2v) is 6.58. The molecule has 0 radical (unpaired) electrons. The van der Waals surface area contributed by atoms with E-state index in [4.69, 9.17) is 0 Å². The lowest BCUT2D eigenvalue weighted by Gasteiger charge is -2.23. The van der Waals surface area contributed by atoms with Gasteiger partial charge in [0.25, 0.3) is 5.56 Å². The van der Waals surface area contributed by atoms with Gasteiger partial charge >= 0.3 is 0 Å². The zero-order chi connectivity index (χ0) is 18.1. The molecule has 1 saturated carbocycles. The zero-order valence-electron chi connectivity index (χ0n) is 14.1. The highest BCUT2D eigenvalue weighted by molar-refractivity contribution is 5.79. The van der Waals surface area contributed by atoms with Crippen molar-refractivity contribution in [2.45, 2.75) is 32.0 Å². The molecule has 1 fully saturated rings. The number of carbonyl (C=O) groups excluding carboxylic acids is 1. The van der Waals surface area contributed by atoms with Gasteiger partial charge in [-0.2, -0.15) is 0 Å². The van der Waals surface area contributed by atoms with Crippen molar-refractivity contribution in [3.8, 4) is 0 Å². The molecular weight excluding hydrogens is 333 g/mol. The molecule has 5 nitrogen and oxygen atoms in total. The van der Waals surface area contributed by atoms with E-state index in [2.05, 4.69) is 4.98 Å². The monoisotopic (exact) mass is 351 g/mol. The summed E-state index contributed by atoms with van der Waals surface area (Å²) in [5.41, 5.74) is 1.12. The van der Waals surface area contributed by atoms with Crippen molar-refractivity contribution in [2.75, 3.05) is 0 Å². The van der Waals surface area contributed by atoms with Gasteiger partial charge in [-0.25, -0.2) is 9.37 Å². The summed E-state index contributed by atoms with van der Waals surface area (Å²) in [6.45, 7) is 0.277. The molecule has 1 aromatic heterocycles. The van der Waals surface area contributed by atoms with Gasteiger partial charge in [-0.1, -0.05) is 24.3 Å². The Kier molecular flexibility index (Phi) is 4.24. The molecule has 4 rings (SSSR count). The fourth-order valence-corrected chi connectivity index (χ4v) is 3.09. The first kappa shape index (κ1) is 16.4. The Balaban J connectivity index is 1.57. The summed E-state index contributed by atoms with van der Waals surface area (Å²) in [6, 6.07) is 13.5. The first-order valence-electron chi connectivity index (χ1n) is 8.60. The average molecular weight is 351 g/mol. The van der Waals surface area contributed by atoms with Crippen LogP contribution in [0.15, 0.2) is 59.7 Å². The molecule has 0 aliphatic heterocycles. The maximum atomic E-state index is 13.4. The van der Waals surface area contributed by atoms with E-state index in [-0.39, 0.29) is 29.9 Å². The molecule has 26 heavy (non-hydrogen) atoms. The van der Waals surface area contributed by atoms with E-state index in [0.29, 0.717) is 17.4 Å². The summed E-state index contributed by atoms with van der Waals surface area (Å²) in [7, 11) is 0. The number of rotatable bonds is 5. The van der Waals surface area contributed by atoms with Gasteiger partial charge in [-0.15, -0.1) is 0 Å². The van der Waals surface area contributed by atoms with E-state index in [0.717, 1.165) is 18.4 Å². The van der Waals surface area contributed by atoms with Crippen LogP contribution >= 0.6 is 0 Å². The Hall–Kier alpha value is -3.02. The third kappa shape index (κ3) is 3.35. The minimum atomic E-state index is -0.319. The Morgan fingerprint density at radius 3 is 2.77 bits per heavy atom. The molecule has 1 aliphatic carbocycles. The molecule has 1 amide bonds. The highest BCUT2D eigenvalue weighted by Crippen LogP contribution is 2.28. The number of hydrogen-bond acceptors (Lipinski definition) is 3. The van der Waals surface area contributed by atoms with Crippen LogP contribution in [0.5, 0.6) is 0 Å². The summed E-state index contributed by atoms with van der Waals surface area (Å²) in [5.74, 6) is -0.475. The maximum absolute atomic E-state index is 13.4. The first-order valence-corrected chi connectivity index (χ1v) is 8.60. The Labute approximate surface area is 149 Å². The van der Waals surface area contributed by atoms with Crippen LogP contribution in [-0.4, -0.2) is 26.4 Å². The second kappa shape index (κ2) is 6.71. The third-order valence-corrected chi connectivity index (χ3v) is 4.59. The van der Waals surface area contributed by atoms with E-state index >= 15 is 0 Å². The van der Waals surface area contributed by atoms with Crippen LogP contribution in [0.25, 0.3) is 10.9 Å². The van der Waals surface area contributed by atoms with Crippen molar-refractivity contribution in [3.63, 3.8) is 0 Å². The molecule has 1 heterocycles. The lowest BCUT2D eigenvalue weighted by atomic mass is 10.2. The molecule has 0 unspecified atom stereocenters. The smallest absolute Gasteiger partial charge is 0.261 e. The van der Waals surface area contributed by atoms with Gasteiger partial charge in [0.2, 0.25) is 5.91 Å². The quantitative estimate of drug-likeness (QED) is 0.710. The number of amides is 1. The summed E-state index contributed by atoms with van der Waals surface area (Å²) in [5, 5.41) is 0.492. The lowest BCUT2D eigenvalue weighted by Crippen LogP contribution is -2.37. The standard InChI is InChI=1S/C20H18FN3O2/c21-15-5-3-4-14(10-15)11-24(16-8-9-16)19(25)12-23-13-22-18-7-2-1-6-17(18)20(23)26/h1-7,10,13,16H,8-9,11-12H2. The predicted molar refractivity (Wildman–Crippen MR) is 96.0 cm³/mol. The fraction of sp³-hybridized carbons (Fsp3) is 0.250. The number of hydrogen-bond donors (Lipinski definition) is 0. The van der Waals surface area contributed by atoms with Gasteiger partial charge in [0.1, 0.15) is 12.4 Å². The average Bonchev–Trinajstić information content (AvgIpc) is 3.47. The molecule has 0 bridgehead atoms. The van der Waals surface area contributed by atoms with E-state index in [1.165, 1.54) is 23.0 Å². The third-order valence-electron chi connectivity index (χ3n) is 4.59.